The largest absolute Gasteiger partial charge is 0.199 e. The van der Waals surface area contributed by atoms with Crippen molar-refractivity contribution in [1.82, 2.24) is 0 Å². The summed E-state index contributed by atoms with van der Waals surface area (Å²) in [6, 6.07) is 11.6. The Bertz CT molecular complexity index is 665. The molecule has 25 heavy (non-hydrogen) atoms. The van der Waals surface area contributed by atoms with Crippen molar-refractivity contribution in [3.05, 3.63) is 59.4 Å². The molecule has 1 fully saturated rings. The Morgan fingerprint density at radius 3 is 2.28 bits per heavy atom. The van der Waals surface area contributed by atoms with Crippen LogP contribution < -0.4 is 0 Å². The van der Waals surface area contributed by atoms with Gasteiger partial charge in [-0.2, -0.15) is 14.9 Å². The van der Waals surface area contributed by atoms with E-state index in [1.807, 2.05) is 18.2 Å². The van der Waals surface area contributed by atoms with Gasteiger partial charge in [0.25, 0.3) is 0 Å². The van der Waals surface area contributed by atoms with Gasteiger partial charge in [0.15, 0.2) is 5.83 Å². The molecule has 0 amide bonds. The van der Waals surface area contributed by atoms with Crippen LogP contribution in [0.5, 0.6) is 0 Å². The summed E-state index contributed by atoms with van der Waals surface area (Å²) in [4.78, 5) is 0. The summed E-state index contributed by atoms with van der Waals surface area (Å²) in [5, 5.41) is 17.1. The molecule has 0 radical (unpaired) electrons. The van der Waals surface area contributed by atoms with Crippen LogP contribution in [0.3, 0.4) is 0 Å². The molecule has 2 rings (SSSR count). The molecule has 3 heteroatoms. The van der Waals surface area contributed by atoms with E-state index in [0.717, 1.165) is 36.7 Å². The van der Waals surface area contributed by atoms with Gasteiger partial charge in [-0.3, -0.25) is 0 Å². The molecule has 0 heterocycles. The molecule has 0 bridgehead atoms. The average Bonchev–Trinajstić information content (AvgIpc) is 2.67. The number of benzene rings is 1. The predicted octanol–water partition coefficient (Wildman–Crippen LogP) is 6.01. The summed E-state index contributed by atoms with van der Waals surface area (Å²) in [5.41, 5.74) is 2.05. The van der Waals surface area contributed by atoms with Crippen LogP contribution >= 0.6 is 0 Å². The van der Waals surface area contributed by atoms with Gasteiger partial charge in [-0.25, -0.2) is 0 Å². The van der Waals surface area contributed by atoms with Crippen molar-refractivity contribution in [1.29, 1.82) is 10.5 Å². The van der Waals surface area contributed by atoms with Crippen LogP contribution in [0.15, 0.2) is 48.3 Å². The van der Waals surface area contributed by atoms with Gasteiger partial charge in [-0.15, -0.1) is 0 Å². The highest BCUT2D eigenvalue weighted by Crippen LogP contribution is 2.34. The van der Waals surface area contributed by atoms with Crippen molar-refractivity contribution in [3.63, 3.8) is 0 Å². The summed E-state index contributed by atoms with van der Waals surface area (Å²) < 4.78 is 12.6. The van der Waals surface area contributed by atoms with Crippen molar-refractivity contribution in [2.24, 2.45) is 11.8 Å². The molecule has 1 saturated carbocycles. The molecule has 0 aliphatic heterocycles. The summed E-state index contributed by atoms with van der Waals surface area (Å²) in [6.07, 6.45) is 14.4. The lowest BCUT2D eigenvalue weighted by atomic mass is 9.78. The second-order valence-corrected chi connectivity index (χ2v) is 6.87. The Hall–Kier alpha value is -2.39. The van der Waals surface area contributed by atoms with E-state index in [0.29, 0.717) is 0 Å². The van der Waals surface area contributed by atoms with E-state index >= 15 is 0 Å². The van der Waals surface area contributed by atoms with E-state index in [-0.39, 0.29) is 0 Å². The molecular formula is C22H25FN2. The fourth-order valence-corrected chi connectivity index (χ4v) is 3.54. The van der Waals surface area contributed by atoms with Gasteiger partial charge in [0.1, 0.15) is 6.07 Å². The summed E-state index contributed by atoms with van der Waals surface area (Å²) in [6.45, 7) is 0. The summed E-state index contributed by atoms with van der Waals surface area (Å²) in [7, 11) is 0. The van der Waals surface area contributed by atoms with Crippen LogP contribution in [0.1, 0.15) is 56.1 Å². The van der Waals surface area contributed by atoms with Crippen LogP contribution in [0, 0.1) is 34.5 Å². The number of halogens is 1. The minimum atomic E-state index is -0.737. The minimum absolute atomic E-state index is 0.726. The summed E-state index contributed by atoms with van der Waals surface area (Å²) in [5.74, 6) is 0.856. The zero-order valence-electron chi connectivity index (χ0n) is 14.6. The molecular weight excluding hydrogens is 311 g/mol. The van der Waals surface area contributed by atoms with Gasteiger partial charge >= 0.3 is 0 Å². The van der Waals surface area contributed by atoms with Crippen molar-refractivity contribution in [2.75, 3.05) is 0 Å². The number of aryl methyl sites for hydroxylation is 1. The van der Waals surface area contributed by atoms with E-state index in [2.05, 4.69) is 18.2 Å². The molecule has 1 aromatic rings. The number of allylic oxidation sites excluding steroid dienone is 4. The first-order chi connectivity index (χ1) is 12.2. The van der Waals surface area contributed by atoms with Gasteiger partial charge in [-0.1, -0.05) is 50.0 Å². The molecule has 130 valence electrons. The quantitative estimate of drug-likeness (QED) is 0.452. The second-order valence-electron chi connectivity index (χ2n) is 6.87. The first-order valence-electron chi connectivity index (χ1n) is 9.12. The van der Waals surface area contributed by atoms with Crippen LogP contribution in [-0.2, 0) is 6.42 Å². The lowest BCUT2D eigenvalue weighted by Gasteiger charge is -2.28. The van der Waals surface area contributed by atoms with E-state index in [1.165, 1.54) is 49.8 Å². The van der Waals surface area contributed by atoms with E-state index in [4.69, 9.17) is 10.5 Å². The number of hydrogen-bond acceptors (Lipinski definition) is 2. The number of hydrogen-bond donors (Lipinski definition) is 0. The lowest BCUT2D eigenvalue weighted by Crippen LogP contribution is -2.15. The van der Waals surface area contributed by atoms with E-state index in [1.54, 1.807) is 6.08 Å². The molecule has 2 nitrogen and oxygen atoms in total. The second kappa shape index (κ2) is 10.5. The molecule has 0 aromatic heterocycles. The maximum Gasteiger partial charge on any atom is 0.199 e. The Morgan fingerprint density at radius 1 is 1.04 bits per heavy atom. The topological polar surface area (TPSA) is 47.6 Å². The third-order valence-corrected chi connectivity index (χ3v) is 5.12. The van der Waals surface area contributed by atoms with Crippen LogP contribution in [0.2, 0.25) is 0 Å². The monoisotopic (exact) mass is 336 g/mol. The Balaban J connectivity index is 1.63. The normalized spacial score (nSPS) is 21.0. The van der Waals surface area contributed by atoms with Gasteiger partial charge < -0.3 is 0 Å². The average molecular weight is 336 g/mol. The lowest BCUT2D eigenvalue weighted by molar-refractivity contribution is 0.254. The number of nitrogens with zero attached hydrogens (tertiary/aromatic N) is 2. The van der Waals surface area contributed by atoms with Crippen molar-refractivity contribution < 1.29 is 4.39 Å². The van der Waals surface area contributed by atoms with Crippen LogP contribution in [0.25, 0.3) is 0 Å². The zero-order chi connectivity index (χ0) is 17.9. The molecule has 1 aliphatic rings. The molecule has 1 aromatic carbocycles. The number of nitriles is 2. The highest BCUT2D eigenvalue weighted by molar-refractivity contribution is 5.31. The van der Waals surface area contributed by atoms with Gasteiger partial charge in [0.2, 0.25) is 0 Å². The van der Waals surface area contributed by atoms with Gasteiger partial charge in [-0.05, 0) is 61.3 Å². The van der Waals surface area contributed by atoms with Gasteiger partial charge in [0, 0.05) is 0 Å². The Morgan fingerprint density at radius 2 is 1.68 bits per heavy atom. The maximum atomic E-state index is 12.6. The molecule has 0 spiro atoms. The molecule has 0 atom stereocenters. The molecule has 0 saturated heterocycles. The highest BCUT2D eigenvalue weighted by atomic mass is 19.1. The molecule has 1 aliphatic carbocycles. The van der Waals surface area contributed by atoms with E-state index in [9.17, 15) is 4.39 Å². The molecule has 0 N–H and O–H groups in total. The predicted molar refractivity (Wildman–Crippen MR) is 98.1 cm³/mol. The highest BCUT2D eigenvalue weighted by Gasteiger charge is 2.20. The minimum Gasteiger partial charge on any atom is -0.195 e. The Labute approximate surface area is 150 Å². The fourth-order valence-electron chi connectivity index (χ4n) is 3.54. The molecule has 0 unspecified atom stereocenters. The first-order valence-corrected chi connectivity index (χ1v) is 9.12. The third-order valence-electron chi connectivity index (χ3n) is 5.12. The van der Waals surface area contributed by atoms with Gasteiger partial charge in [0.05, 0.1) is 11.6 Å². The number of rotatable bonds is 7. The zero-order valence-corrected chi connectivity index (χ0v) is 14.6. The van der Waals surface area contributed by atoms with Crippen molar-refractivity contribution in [3.8, 4) is 12.1 Å². The SMILES string of the molecule is N#C/C(F)=C/C=C/CCC1CCC(CCc2ccc(C#N)cc2)CC1. The first kappa shape index (κ1) is 18.9. The fraction of sp³-hybridized carbons (Fsp3) is 0.455. The smallest absolute Gasteiger partial charge is 0.195 e. The maximum absolute atomic E-state index is 12.6. The van der Waals surface area contributed by atoms with E-state index < -0.39 is 5.83 Å². The standard InChI is InChI=1S/C22H25FN2/c23-22(17-25)5-3-1-2-4-18-6-8-19(9-7-18)10-11-20-12-14-21(16-24)15-13-20/h1,3,5,12-15,18-19H,2,4,6-11H2/b3-1+,22-5-. The van der Waals surface area contributed by atoms with Crippen LogP contribution in [0.4, 0.5) is 4.39 Å². The van der Waals surface area contributed by atoms with Crippen molar-refractivity contribution in [2.45, 2.75) is 51.4 Å². The van der Waals surface area contributed by atoms with Crippen molar-refractivity contribution >= 4 is 0 Å². The Kier molecular flexibility index (Phi) is 7.93. The van der Waals surface area contributed by atoms with Crippen LogP contribution in [-0.4, -0.2) is 0 Å². The third kappa shape index (κ3) is 6.94. The summed E-state index contributed by atoms with van der Waals surface area (Å²) >= 11 is 0.